The molecule has 4 heteroatoms. The summed E-state index contributed by atoms with van der Waals surface area (Å²) in [6.07, 6.45) is 9.66. The van der Waals surface area contributed by atoms with Gasteiger partial charge in [-0.2, -0.15) is 0 Å². The van der Waals surface area contributed by atoms with E-state index in [9.17, 15) is 8.42 Å². The van der Waals surface area contributed by atoms with Crippen LogP contribution in [0.3, 0.4) is 0 Å². The van der Waals surface area contributed by atoms with Crippen LogP contribution in [0.2, 0.25) is 0 Å². The normalized spacial score (nSPS) is 36.4. The fraction of sp³-hybridized carbons (Fsp3) is 1.00. The van der Waals surface area contributed by atoms with E-state index in [0.717, 1.165) is 45.1 Å². The Morgan fingerprint density at radius 1 is 1.22 bits per heavy atom. The lowest BCUT2D eigenvalue weighted by Gasteiger charge is -2.39. The summed E-state index contributed by atoms with van der Waals surface area (Å²) < 4.78 is 24.1. The molecule has 2 fully saturated rings. The summed E-state index contributed by atoms with van der Waals surface area (Å²) in [7, 11) is -2.79. The molecule has 106 valence electrons. The zero-order valence-corrected chi connectivity index (χ0v) is 12.4. The van der Waals surface area contributed by atoms with Crippen molar-refractivity contribution in [2.45, 2.75) is 75.5 Å². The maximum Gasteiger partial charge on any atom is 0.153 e. The second-order valence-electron chi connectivity index (χ2n) is 6.04. The number of sulfone groups is 1. The molecule has 0 aromatic rings. The standard InChI is InChI=1S/C14H27NO2S/c1-2-14(9-4-5-11-15-14)10-8-13-7-3-6-12-18(13,16)17/h13,15H,2-12H2,1H3. The van der Waals surface area contributed by atoms with Crippen LogP contribution < -0.4 is 5.32 Å². The Labute approximate surface area is 112 Å². The van der Waals surface area contributed by atoms with Gasteiger partial charge in [0, 0.05) is 5.54 Å². The summed E-state index contributed by atoms with van der Waals surface area (Å²) in [6, 6.07) is 0. The molecule has 0 aliphatic carbocycles. The third-order valence-corrected chi connectivity index (χ3v) is 7.26. The van der Waals surface area contributed by atoms with Crippen LogP contribution in [-0.4, -0.2) is 31.5 Å². The fourth-order valence-corrected chi connectivity index (χ4v) is 5.45. The van der Waals surface area contributed by atoms with E-state index in [1.54, 1.807) is 0 Å². The minimum Gasteiger partial charge on any atom is -0.311 e. The molecule has 0 spiro atoms. The first-order valence-corrected chi connectivity index (χ1v) is 9.26. The van der Waals surface area contributed by atoms with Crippen LogP contribution in [0.1, 0.15) is 64.7 Å². The van der Waals surface area contributed by atoms with Crippen molar-refractivity contribution in [1.29, 1.82) is 0 Å². The van der Waals surface area contributed by atoms with E-state index in [4.69, 9.17) is 0 Å². The summed E-state index contributed by atoms with van der Waals surface area (Å²) in [5, 5.41) is 3.60. The van der Waals surface area contributed by atoms with Crippen molar-refractivity contribution >= 4 is 9.84 Å². The summed E-state index contributed by atoms with van der Waals surface area (Å²) in [5.41, 5.74) is 0.227. The Morgan fingerprint density at radius 3 is 2.67 bits per heavy atom. The molecule has 2 heterocycles. The Kier molecular flexibility index (Phi) is 4.70. The van der Waals surface area contributed by atoms with Crippen molar-refractivity contribution in [3.63, 3.8) is 0 Å². The van der Waals surface area contributed by atoms with E-state index in [2.05, 4.69) is 12.2 Å². The predicted molar refractivity (Wildman–Crippen MR) is 75.5 cm³/mol. The van der Waals surface area contributed by atoms with Gasteiger partial charge in [-0.3, -0.25) is 0 Å². The first kappa shape index (κ1) is 14.3. The molecule has 2 atom stereocenters. The molecule has 0 aromatic heterocycles. The van der Waals surface area contributed by atoms with Crippen molar-refractivity contribution in [3.8, 4) is 0 Å². The van der Waals surface area contributed by atoms with Gasteiger partial charge in [0.05, 0.1) is 11.0 Å². The highest BCUT2D eigenvalue weighted by Gasteiger charge is 2.34. The van der Waals surface area contributed by atoms with Gasteiger partial charge in [-0.15, -0.1) is 0 Å². The van der Waals surface area contributed by atoms with E-state index in [1.807, 2.05) is 0 Å². The first-order chi connectivity index (χ1) is 8.58. The summed E-state index contributed by atoms with van der Waals surface area (Å²) in [5.74, 6) is 0.421. The number of piperidine rings is 1. The largest absolute Gasteiger partial charge is 0.311 e. The minimum atomic E-state index is -2.79. The molecule has 3 nitrogen and oxygen atoms in total. The highest BCUT2D eigenvalue weighted by atomic mass is 32.2. The molecule has 2 aliphatic heterocycles. The van der Waals surface area contributed by atoms with Crippen LogP contribution >= 0.6 is 0 Å². The average Bonchev–Trinajstić information content (AvgIpc) is 2.38. The van der Waals surface area contributed by atoms with E-state index >= 15 is 0 Å². The quantitative estimate of drug-likeness (QED) is 0.856. The molecule has 2 unspecified atom stereocenters. The van der Waals surface area contributed by atoms with Crippen molar-refractivity contribution in [3.05, 3.63) is 0 Å². The Bertz CT molecular complexity index is 358. The van der Waals surface area contributed by atoms with E-state index in [1.165, 1.54) is 19.3 Å². The van der Waals surface area contributed by atoms with Gasteiger partial charge in [0.1, 0.15) is 0 Å². The summed E-state index contributed by atoms with van der Waals surface area (Å²) in [6.45, 7) is 3.33. The van der Waals surface area contributed by atoms with Crippen molar-refractivity contribution in [2.24, 2.45) is 0 Å². The van der Waals surface area contributed by atoms with Gasteiger partial charge in [0.15, 0.2) is 9.84 Å². The number of rotatable bonds is 4. The van der Waals surface area contributed by atoms with E-state index in [-0.39, 0.29) is 10.8 Å². The molecular weight excluding hydrogens is 246 g/mol. The van der Waals surface area contributed by atoms with Crippen molar-refractivity contribution < 1.29 is 8.42 Å². The third-order valence-electron chi connectivity index (χ3n) is 4.92. The molecule has 0 bridgehead atoms. The zero-order valence-electron chi connectivity index (χ0n) is 11.6. The molecule has 18 heavy (non-hydrogen) atoms. The maximum atomic E-state index is 12.0. The smallest absolute Gasteiger partial charge is 0.153 e. The van der Waals surface area contributed by atoms with Gasteiger partial charge in [-0.25, -0.2) is 8.42 Å². The van der Waals surface area contributed by atoms with Gasteiger partial charge in [0.25, 0.3) is 0 Å². The molecule has 0 saturated carbocycles. The summed E-state index contributed by atoms with van der Waals surface area (Å²) in [4.78, 5) is 0. The van der Waals surface area contributed by atoms with Crippen LogP contribution in [0.4, 0.5) is 0 Å². The number of nitrogens with one attached hydrogen (secondary N) is 1. The second kappa shape index (κ2) is 5.91. The third kappa shape index (κ3) is 3.27. The van der Waals surface area contributed by atoms with Gasteiger partial charge >= 0.3 is 0 Å². The van der Waals surface area contributed by atoms with Crippen LogP contribution in [-0.2, 0) is 9.84 Å². The highest BCUT2D eigenvalue weighted by Crippen LogP contribution is 2.31. The number of hydrogen-bond acceptors (Lipinski definition) is 3. The van der Waals surface area contributed by atoms with Gasteiger partial charge < -0.3 is 5.32 Å². The highest BCUT2D eigenvalue weighted by molar-refractivity contribution is 7.92. The van der Waals surface area contributed by atoms with Gasteiger partial charge in [-0.05, 0) is 51.5 Å². The fourth-order valence-electron chi connectivity index (χ4n) is 3.50. The lowest BCUT2D eigenvalue weighted by Crippen LogP contribution is -2.48. The SMILES string of the molecule is CCC1(CCC2CCCCS2(=O)=O)CCCCN1. The monoisotopic (exact) mass is 273 g/mol. The average molecular weight is 273 g/mol. The van der Waals surface area contributed by atoms with Crippen molar-refractivity contribution in [2.75, 3.05) is 12.3 Å². The second-order valence-corrected chi connectivity index (χ2v) is 8.44. The molecule has 0 aromatic carbocycles. The van der Waals surface area contributed by atoms with Gasteiger partial charge in [-0.1, -0.05) is 19.8 Å². The van der Waals surface area contributed by atoms with Crippen LogP contribution in [0.25, 0.3) is 0 Å². The molecule has 2 rings (SSSR count). The molecule has 0 amide bonds. The van der Waals surface area contributed by atoms with Crippen LogP contribution in [0, 0.1) is 0 Å². The van der Waals surface area contributed by atoms with E-state index < -0.39 is 9.84 Å². The molecule has 2 aliphatic rings. The number of hydrogen-bond donors (Lipinski definition) is 1. The Hall–Kier alpha value is -0.0900. The van der Waals surface area contributed by atoms with Crippen LogP contribution in [0.5, 0.6) is 0 Å². The lowest BCUT2D eigenvalue weighted by molar-refractivity contribution is 0.222. The molecule has 0 radical (unpaired) electrons. The minimum absolute atomic E-state index is 0.0570. The predicted octanol–water partition coefficient (Wildman–Crippen LogP) is 2.66. The van der Waals surface area contributed by atoms with Crippen molar-refractivity contribution in [1.82, 2.24) is 5.32 Å². The van der Waals surface area contributed by atoms with Crippen LogP contribution in [0.15, 0.2) is 0 Å². The van der Waals surface area contributed by atoms with Gasteiger partial charge in [0.2, 0.25) is 0 Å². The van der Waals surface area contributed by atoms with E-state index in [0.29, 0.717) is 5.75 Å². The topological polar surface area (TPSA) is 46.2 Å². The first-order valence-electron chi connectivity index (χ1n) is 7.55. The maximum absolute atomic E-state index is 12.0. The molecule has 2 saturated heterocycles. The molecule has 1 N–H and O–H groups in total. The Morgan fingerprint density at radius 2 is 2.06 bits per heavy atom. The zero-order chi connectivity index (χ0) is 13.1. The lowest BCUT2D eigenvalue weighted by atomic mass is 9.82. The Balaban J connectivity index is 1.93. The summed E-state index contributed by atoms with van der Waals surface area (Å²) >= 11 is 0. The molecular formula is C14H27NO2S.